The molecule has 25 heavy (non-hydrogen) atoms. The highest BCUT2D eigenvalue weighted by Gasteiger charge is 2.18. The van der Waals surface area contributed by atoms with E-state index < -0.39 is 0 Å². The lowest BCUT2D eigenvalue weighted by Gasteiger charge is -2.20. The fourth-order valence-electron chi connectivity index (χ4n) is 2.47. The number of rotatable bonds is 7. The highest BCUT2D eigenvalue weighted by Crippen LogP contribution is 2.24. The minimum atomic E-state index is -0.131. The maximum atomic E-state index is 9.57. The van der Waals surface area contributed by atoms with Gasteiger partial charge in [-0.25, -0.2) is 4.68 Å². The highest BCUT2D eigenvalue weighted by molar-refractivity contribution is 5.85. The summed E-state index contributed by atoms with van der Waals surface area (Å²) in [5.41, 5.74) is 2.17. The molecule has 0 fully saturated rings. The SMILES string of the molecule is CCn1nnc2c(Nc3ccccc3)nc(NC(CO)C(C)C)nc21. The second-order valence-electron chi connectivity index (χ2n) is 6.14. The number of nitrogens with one attached hydrogen (secondary N) is 2. The van der Waals surface area contributed by atoms with Gasteiger partial charge in [0.05, 0.1) is 12.6 Å². The van der Waals surface area contributed by atoms with Crippen molar-refractivity contribution in [2.45, 2.75) is 33.4 Å². The van der Waals surface area contributed by atoms with Crippen molar-refractivity contribution >= 4 is 28.6 Å². The fourth-order valence-corrected chi connectivity index (χ4v) is 2.47. The van der Waals surface area contributed by atoms with Crippen molar-refractivity contribution in [3.8, 4) is 0 Å². The molecule has 0 spiro atoms. The first-order chi connectivity index (χ1) is 12.1. The Hall–Kier alpha value is -2.74. The van der Waals surface area contributed by atoms with Crippen LogP contribution in [0.4, 0.5) is 17.5 Å². The molecule has 0 aliphatic rings. The second-order valence-corrected chi connectivity index (χ2v) is 6.14. The average Bonchev–Trinajstić information content (AvgIpc) is 3.03. The first-order valence-electron chi connectivity index (χ1n) is 8.43. The lowest BCUT2D eigenvalue weighted by atomic mass is 10.1. The number of fused-ring (bicyclic) bond motifs is 1. The second kappa shape index (κ2) is 7.43. The average molecular weight is 341 g/mol. The van der Waals surface area contributed by atoms with Gasteiger partial charge in [-0.2, -0.15) is 9.97 Å². The van der Waals surface area contributed by atoms with E-state index in [2.05, 4.69) is 30.9 Å². The molecule has 1 unspecified atom stereocenters. The first-order valence-corrected chi connectivity index (χ1v) is 8.43. The molecule has 0 saturated heterocycles. The summed E-state index contributed by atoms with van der Waals surface area (Å²) in [6, 6.07) is 9.63. The van der Waals surface area contributed by atoms with Crippen LogP contribution in [0.2, 0.25) is 0 Å². The predicted octanol–water partition coefficient (Wildman–Crippen LogP) is 2.41. The Labute approximate surface area is 146 Å². The van der Waals surface area contributed by atoms with E-state index in [1.54, 1.807) is 4.68 Å². The minimum Gasteiger partial charge on any atom is -0.394 e. The van der Waals surface area contributed by atoms with E-state index in [4.69, 9.17) is 0 Å². The Bertz CT molecular complexity index is 832. The van der Waals surface area contributed by atoms with E-state index >= 15 is 0 Å². The van der Waals surface area contributed by atoms with E-state index in [1.807, 2.05) is 51.1 Å². The number of aromatic nitrogens is 5. The molecule has 0 radical (unpaired) electrons. The van der Waals surface area contributed by atoms with Gasteiger partial charge in [-0.15, -0.1) is 5.10 Å². The van der Waals surface area contributed by atoms with Crippen LogP contribution in [0.5, 0.6) is 0 Å². The summed E-state index contributed by atoms with van der Waals surface area (Å²) >= 11 is 0. The Morgan fingerprint density at radius 1 is 1.16 bits per heavy atom. The molecule has 8 heteroatoms. The molecule has 0 amide bonds. The standard InChI is InChI=1S/C17H23N7O/c1-4-24-16-14(22-23-24)15(18-12-8-6-5-7-9-12)20-17(21-16)19-13(10-25)11(2)3/h5-9,11,13,25H,4,10H2,1-3H3,(H2,18,19,20,21). The number of aliphatic hydroxyl groups excluding tert-OH is 1. The van der Waals surface area contributed by atoms with Gasteiger partial charge in [-0.1, -0.05) is 37.3 Å². The zero-order valence-electron chi connectivity index (χ0n) is 14.6. The van der Waals surface area contributed by atoms with Crippen LogP contribution < -0.4 is 10.6 Å². The zero-order valence-corrected chi connectivity index (χ0v) is 14.6. The molecule has 3 aromatic rings. The van der Waals surface area contributed by atoms with Crippen molar-refractivity contribution in [1.82, 2.24) is 25.0 Å². The number of aliphatic hydroxyl groups is 1. The summed E-state index contributed by atoms with van der Waals surface area (Å²) < 4.78 is 1.72. The number of hydrogen-bond acceptors (Lipinski definition) is 7. The van der Waals surface area contributed by atoms with Crippen LogP contribution in [0.3, 0.4) is 0 Å². The van der Waals surface area contributed by atoms with Crippen LogP contribution in [-0.2, 0) is 6.54 Å². The molecule has 3 N–H and O–H groups in total. The smallest absolute Gasteiger partial charge is 0.227 e. The molecule has 0 saturated carbocycles. The maximum Gasteiger partial charge on any atom is 0.227 e. The van der Waals surface area contributed by atoms with Crippen molar-refractivity contribution in [3.63, 3.8) is 0 Å². The third kappa shape index (κ3) is 3.69. The Kier molecular flexibility index (Phi) is 5.08. The maximum absolute atomic E-state index is 9.57. The third-order valence-corrected chi connectivity index (χ3v) is 4.01. The van der Waals surface area contributed by atoms with Crippen LogP contribution in [0, 0.1) is 5.92 Å². The van der Waals surface area contributed by atoms with Gasteiger partial charge in [-0.3, -0.25) is 0 Å². The van der Waals surface area contributed by atoms with Crippen molar-refractivity contribution < 1.29 is 5.11 Å². The van der Waals surface area contributed by atoms with E-state index in [0.29, 0.717) is 29.5 Å². The molecule has 0 aliphatic carbocycles. The molecule has 3 rings (SSSR count). The number of anilines is 3. The Morgan fingerprint density at radius 2 is 1.92 bits per heavy atom. The first kappa shape index (κ1) is 17.1. The minimum absolute atomic E-state index is 0.00575. The van der Waals surface area contributed by atoms with Gasteiger partial charge >= 0.3 is 0 Å². The summed E-state index contributed by atoms with van der Waals surface area (Å²) in [5, 5.41) is 24.4. The van der Waals surface area contributed by atoms with Crippen molar-refractivity contribution in [2.24, 2.45) is 5.92 Å². The summed E-state index contributed by atoms with van der Waals surface area (Å²) in [7, 11) is 0. The molecule has 8 nitrogen and oxygen atoms in total. The molecule has 2 heterocycles. The van der Waals surface area contributed by atoms with Gasteiger partial charge in [0.15, 0.2) is 17.0 Å². The quantitative estimate of drug-likeness (QED) is 0.606. The summed E-state index contributed by atoms with van der Waals surface area (Å²) in [6.07, 6.45) is 0. The Morgan fingerprint density at radius 3 is 2.56 bits per heavy atom. The summed E-state index contributed by atoms with van der Waals surface area (Å²) in [5.74, 6) is 1.26. The van der Waals surface area contributed by atoms with Gasteiger partial charge in [0.25, 0.3) is 0 Å². The molecular formula is C17H23N7O. The molecule has 132 valence electrons. The topological polar surface area (TPSA) is 101 Å². The largest absolute Gasteiger partial charge is 0.394 e. The van der Waals surface area contributed by atoms with Crippen LogP contribution >= 0.6 is 0 Å². The number of nitrogens with zero attached hydrogens (tertiary/aromatic N) is 5. The van der Waals surface area contributed by atoms with Crippen LogP contribution in [0.1, 0.15) is 20.8 Å². The lowest BCUT2D eigenvalue weighted by Crippen LogP contribution is -2.30. The predicted molar refractivity (Wildman–Crippen MR) is 97.9 cm³/mol. The molecular weight excluding hydrogens is 318 g/mol. The third-order valence-electron chi connectivity index (χ3n) is 4.01. The number of hydrogen-bond donors (Lipinski definition) is 3. The summed E-state index contributed by atoms with van der Waals surface area (Å²) in [4.78, 5) is 9.10. The molecule has 1 aromatic carbocycles. The van der Waals surface area contributed by atoms with Crippen LogP contribution in [-0.4, -0.2) is 42.7 Å². The molecule has 0 aliphatic heterocycles. The fraction of sp³-hybridized carbons (Fsp3) is 0.412. The van der Waals surface area contributed by atoms with Crippen molar-refractivity contribution in [3.05, 3.63) is 30.3 Å². The van der Waals surface area contributed by atoms with Gasteiger partial charge in [0, 0.05) is 12.2 Å². The highest BCUT2D eigenvalue weighted by atomic mass is 16.3. The van der Waals surface area contributed by atoms with Gasteiger partial charge in [0.2, 0.25) is 5.95 Å². The summed E-state index contributed by atoms with van der Waals surface area (Å²) in [6.45, 7) is 6.72. The van der Waals surface area contributed by atoms with Crippen LogP contribution in [0.15, 0.2) is 30.3 Å². The van der Waals surface area contributed by atoms with Crippen LogP contribution in [0.25, 0.3) is 11.2 Å². The lowest BCUT2D eigenvalue weighted by molar-refractivity contribution is 0.248. The zero-order chi connectivity index (χ0) is 17.8. The van der Waals surface area contributed by atoms with E-state index in [9.17, 15) is 5.11 Å². The van der Waals surface area contributed by atoms with Crippen molar-refractivity contribution in [1.29, 1.82) is 0 Å². The van der Waals surface area contributed by atoms with Gasteiger partial charge < -0.3 is 15.7 Å². The van der Waals surface area contributed by atoms with Gasteiger partial charge in [0.1, 0.15) is 0 Å². The number of para-hydroxylation sites is 1. The van der Waals surface area contributed by atoms with Crippen molar-refractivity contribution in [2.75, 3.05) is 17.2 Å². The molecule has 1 atom stereocenters. The van der Waals surface area contributed by atoms with Gasteiger partial charge in [-0.05, 0) is 25.0 Å². The van der Waals surface area contributed by atoms with E-state index in [1.165, 1.54) is 0 Å². The molecule has 0 bridgehead atoms. The normalized spacial score (nSPS) is 12.5. The van der Waals surface area contributed by atoms with E-state index in [-0.39, 0.29) is 18.6 Å². The number of benzene rings is 1. The van der Waals surface area contributed by atoms with E-state index in [0.717, 1.165) is 5.69 Å². The Balaban J connectivity index is 2.03. The number of aryl methyl sites for hydroxylation is 1. The monoisotopic (exact) mass is 341 g/mol. The molecule has 2 aromatic heterocycles.